The van der Waals surface area contributed by atoms with Crippen molar-refractivity contribution in [3.8, 4) is 0 Å². The van der Waals surface area contributed by atoms with Gasteiger partial charge in [-0.25, -0.2) is 0 Å². The number of carbonyl (C=O) groups is 2. The Morgan fingerprint density at radius 2 is 1.70 bits per heavy atom. The van der Waals surface area contributed by atoms with E-state index in [1.165, 1.54) is 0 Å². The summed E-state index contributed by atoms with van der Waals surface area (Å²) in [5, 5.41) is 12.0. The number of anilines is 1. The molecule has 2 aromatic carbocycles. The van der Waals surface area contributed by atoms with Crippen LogP contribution in [0.2, 0.25) is 0 Å². The first-order valence-corrected chi connectivity index (χ1v) is 8.39. The molecule has 120 valence electrons. The lowest BCUT2D eigenvalue weighted by Crippen LogP contribution is -2.29. The highest BCUT2D eigenvalue weighted by Crippen LogP contribution is 2.29. The second kappa shape index (κ2) is 8.10. The molecule has 5 heteroatoms. The van der Waals surface area contributed by atoms with Crippen molar-refractivity contribution < 1.29 is 14.7 Å². The van der Waals surface area contributed by atoms with Gasteiger partial charge in [0.05, 0.1) is 18.0 Å². The van der Waals surface area contributed by atoms with Crippen molar-refractivity contribution in [2.45, 2.75) is 19.3 Å². The van der Waals surface area contributed by atoms with Crippen LogP contribution in [0.3, 0.4) is 0 Å². The fourth-order valence-electron chi connectivity index (χ4n) is 2.46. The topological polar surface area (TPSA) is 66.4 Å². The van der Waals surface area contributed by atoms with Gasteiger partial charge in [-0.1, -0.05) is 49.4 Å². The minimum Gasteiger partial charge on any atom is -0.481 e. The van der Waals surface area contributed by atoms with E-state index in [0.29, 0.717) is 5.69 Å². The lowest BCUT2D eigenvalue weighted by atomic mass is 9.84. The van der Waals surface area contributed by atoms with Gasteiger partial charge in [0, 0.05) is 3.57 Å². The van der Waals surface area contributed by atoms with Crippen LogP contribution in [0.1, 0.15) is 24.8 Å². The molecule has 0 heterocycles. The Labute approximate surface area is 149 Å². The van der Waals surface area contributed by atoms with Crippen molar-refractivity contribution in [3.63, 3.8) is 0 Å². The molecule has 0 saturated carbocycles. The largest absolute Gasteiger partial charge is 0.481 e. The van der Waals surface area contributed by atoms with Crippen LogP contribution in [0, 0.1) is 9.49 Å². The highest BCUT2D eigenvalue weighted by atomic mass is 127. The van der Waals surface area contributed by atoms with Crippen molar-refractivity contribution >= 4 is 40.2 Å². The summed E-state index contributed by atoms with van der Waals surface area (Å²) in [5.74, 6) is -2.07. The Hall–Kier alpha value is -1.89. The van der Waals surface area contributed by atoms with Crippen molar-refractivity contribution in [1.29, 1.82) is 0 Å². The standard InChI is InChI=1S/C18H18INO3/c1-12(13-7-3-2-4-8-13)14(11-17(21)22)18(23)20-16-10-6-5-9-15(16)19/h2-10,12,14H,11H2,1H3,(H,20,23)(H,21,22)/t12-,14+/m0/s1. The number of hydrogen-bond acceptors (Lipinski definition) is 2. The van der Waals surface area contributed by atoms with E-state index in [4.69, 9.17) is 5.11 Å². The molecule has 0 aromatic heterocycles. The summed E-state index contributed by atoms with van der Waals surface area (Å²) in [6, 6.07) is 16.9. The minimum absolute atomic E-state index is 0.186. The summed E-state index contributed by atoms with van der Waals surface area (Å²) in [4.78, 5) is 23.8. The maximum atomic E-state index is 12.6. The quantitative estimate of drug-likeness (QED) is 0.687. The molecule has 4 nitrogen and oxygen atoms in total. The molecule has 0 spiro atoms. The van der Waals surface area contributed by atoms with Gasteiger partial charge in [-0.3, -0.25) is 9.59 Å². The Morgan fingerprint density at radius 1 is 1.09 bits per heavy atom. The number of rotatable bonds is 6. The second-order valence-corrected chi connectivity index (χ2v) is 6.54. The molecule has 0 fully saturated rings. The van der Waals surface area contributed by atoms with Crippen LogP contribution in [0.4, 0.5) is 5.69 Å². The predicted molar refractivity (Wildman–Crippen MR) is 98.4 cm³/mol. The van der Waals surface area contributed by atoms with Gasteiger partial charge < -0.3 is 10.4 Å². The van der Waals surface area contributed by atoms with Crippen LogP contribution in [-0.2, 0) is 9.59 Å². The van der Waals surface area contributed by atoms with Gasteiger partial charge in [-0.15, -0.1) is 0 Å². The van der Waals surface area contributed by atoms with E-state index in [1.807, 2.05) is 61.5 Å². The van der Waals surface area contributed by atoms with Crippen molar-refractivity contribution in [1.82, 2.24) is 0 Å². The number of carboxylic acid groups (broad SMARTS) is 1. The number of amides is 1. The molecule has 0 saturated heterocycles. The Bertz CT molecular complexity index is 688. The number of benzene rings is 2. The Kier molecular flexibility index (Phi) is 6.15. The average Bonchev–Trinajstić information content (AvgIpc) is 2.54. The SMILES string of the molecule is C[C@@H](c1ccccc1)[C@@H](CC(=O)O)C(=O)Nc1ccccc1I. The average molecular weight is 423 g/mol. The molecule has 0 aliphatic carbocycles. The van der Waals surface area contributed by atoms with Crippen molar-refractivity contribution in [3.05, 3.63) is 63.7 Å². The molecule has 23 heavy (non-hydrogen) atoms. The molecule has 0 bridgehead atoms. The second-order valence-electron chi connectivity index (χ2n) is 5.37. The summed E-state index contributed by atoms with van der Waals surface area (Å²) < 4.78 is 0.917. The molecular weight excluding hydrogens is 405 g/mol. The maximum Gasteiger partial charge on any atom is 0.304 e. The van der Waals surface area contributed by atoms with Crippen LogP contribution in [-0.4, -0.2) is 17.0 Å². The molecule has 2 rings (SSSR count). The number of nitrogens with one attached hydrogen (secondary N) is 1. The van der Waals surface area contributed by atoms with Crippen LogP contribution >= 0.6 is 22.6 Å². The first-order valence-electron chi connectivity index (χ1n) is 7.31. The van der Waals surface area contributed by atoms with Gasteiger partial charge in [0.1, 0.15) is 0 Å². The zero-order valence-corrected chi connectivity index (χ0v) is 14.9. The van der Waals surface area contributed by atoms with Crippen molar-refractivity contribution in [2.24, 2.45) is 5.92 Å². The molecule has 1 amide bonds. The number of carbonyl (C=O) groups excluding carboxylic acids is 1. The minimum atomic E-state index is -0.976. The molecule has 2 aromatic rings. The fourth-order valence-corrected chi connectivity index (χ4v) is 2.98. The summed E-state index contributed by atoms with van der Waals surface area (Å²) in [7, 11) is 0. The molecular formula is C18H18INO3. The molecule has 0 aliphatic heterocycles. The summed E-state index contributed by atoms with van der Waals surface area (Å²) in [6.45, 7) is 1.89. The van der Waals surface area contributed by atoms with E-state index in [1.54, 1.807) is 0 Å². The third kappa shape index (κ3) is 4.79. The molecule has 0 aliphatic rings. The van der Waals surface area contributed by atoms with Gasteiger partial charge in [-0.05, 0) is 46.2 Å². The van der Waals surface area contributed by atoms with E-state index in [2.05, 4.69) is 27.9 Å². The lowest BCUT2D eigenvalue weighted by Gasteiger charge is -2.22. The highest BCUT2D eigenvalue weighted by molar-refractivity contribution is 14.1. The number of aliphatic carboxylic acids is 1. The number of carboxylic acids is 1. The summed E-state index contributed by atoms with van der Waals surface area (Å²) in [6.07, 6.45) is -0.203. The van der Waals surface area contributed by atoms with Crippen LogP contribution in [0.5, 0.6) is 0 Å². The first-order chi connectivity index (χ1) is 11.0. The summed E-state index contributed by atoms with van der Waals surface area (Å²) >= 11 is 2.14. The number of hydrogen-bond donors (Lipinski definition) is 2. The number of halogens is 1. The van der Waals surface area contributed by atoms with E-state index < -0.39 is 11.9 Å². The van der Waals surface area contributed by atoms with E-state index in [9.17, 15) is 9.59 Å². The van der Waals surface area contributed by atoms with Gasteiger partial charge >= 0.3 is 5.97 Å². The maximum absolute atomic E-state index is 12.6. The van der Waals surface area contributed by atoms with E-state index in [-0.39, 0.29) is 18.2 Å². The fraction of sp³-hybridized carbons (Fsp3) is 0.222. The van der Waals surface area contributed by atoms with Crippen LogP contribution in [0.25, 0.3) is 0 Å². The van der Waals surface area contributed by atoms with Crippen LogP contribution < -0.4 is 5.32 Å². The van der Waals surface area contributed by atoms with Gasteiger partial charge in [0.2, 0.25) is 5.91 Å². The highest BCUT2D eigenvalue weighted by Gasteiger charge is 2.29. The molecule has 2 atom stereocenters. The Morgan fingerprint density at radius 3 is 2.30 bits per heavy atom. The van der Waals surface area contributed by atoms with E-state index in [0.717, 1.165) is 9.13 Å². The smallest absolute Gasteiger partial charge is 0.304 e. The normalized spacial score (nSPS) is 13.1. The molecule has 2 N–H and O–H groups in total. The van der Waals surface area contributed by atoms with Gasteiger partial charge in [0.25, 0.3) is 0 Å². The Balaban J connectivity index is 2.22. The van der Waals surface area contributed by atoms with E-state index >= 15 is 0 Å². The van der Waals surface area contributed by atoms with Crippen LogP contribution in [0.15, 0.2) is 54.6 Å². The predicted octanol–water partition coefficient (Wildman–Crippen LogP) is 4.12. The first kappa shape index (κ1) is 17.5. The van der Waals surface area contributed by atoms with Gasteiger partial charge in [-0.2, -0.15) is 0 Å². The zero-order chi connectivity index (χ0) is 16.8. The lowest BCUT2D eigenvalue weighted by molar-refractivity contribution is -0.140. The summed E-state index contributed by atoms with van der Waals surface area (Å²) in [5.41, 5.74) is 1.66. The zero-order valence-electron chi connectivity index (χ0n) is 12.7. The third-order valence-corrected chi connectivity index (χ3v) is 4.73. The monoisotopic (exact) mass is 423 g/mol. The van der Waals surface area contributed by atoms with Gasteiger partial charge in [0.15, 0.2) is 0 Å². The molecule has 0 radical (unpaired) electrons. The number of para-hydroxylation sites is 1. The third-order valence-electron chi connectivity index (χ3n) is 3.79. The molecule has 0 unspecified atom stereocenters. The van der Waals surface area contributed by atoms with Crippen molar-refractivity contribution in [2.75, 3.05) is 5.32 Å².